The van der Waals surface area contributed by atoms with Crippen LogP contribution in [0.4, 0.5) is 5.69 Å². The second kappa shape index (κ2) is 10.9. The Kier molecular flexibility index (Phi) is 7.66. The third kappa shape index (κ3) is 6.97. The van der Waals surface area contributed by atoms with Gasteiger partial charge in [0.1, 0.15) is 24.7 Å². The van der Waals surface area contributed by atoms with Crippen LogP contribution in [0.5, 0.6) is 11.5 Å². The van der Waals surface area contributed by atoms with E-state index in [1.165, 1.54) is 0 Å². The Labute approximate surface area is 171 Å². The van der Waals surface area contributed by atoms with Crippen molar-refractivity contribution < 1.29 is 14.3 Å². The molecule has 5 heteroatoms. The molecule has 0 saturated carbocycles. The Balaban J connectivity index is 1.36. The van der Waals surface area contributed by atoms with Gasteiger partial charge in [0.15, 0.2) is 0 Å². The van der Waals surface area contributed by atoms with Gasteiger partial charge < -0.3 is 20.1 Å². The van der Waals surface area contributed by atoms with Crippen molar-refractivity contribution in [1.29, 1.82) is 0 Å². The molecule has 0 saturated heterocycles. The number of carbonyl (C=O) groups excluding carboxylic acids is 1. The maximum Gasteiger partial charge on any atom is 0.238 e. The molecule has 0 bridgehead atoms. The molecule has 0 aliphatic rings. The Morgan fingerprint density at radius 3 is 1.97 bits per heavy atom. The third-order valence-electron chi connectivity index (χ3n) is 4.37. The van der Waals surface area contributed by atoms with Crippen molar-refractivity contribution in [2.45, 2.75) is 13.0 Å². The van der Waals surface area contributed by atoms with Gasteiger partial charge in [-0.25, -0.2) is 0 Å². The highest BCUT2D eigenvalue weighted by molar-refractivity contribution is 5.92. The first-order chi connectivity index (χ1) is 14.2. The normalized spacial score (nSPS) is 11.5. The van der Waals surface area contributed by atoms with Gasteiger partial charge in [-0.15, -0.1) is 0 Å². The number of nitrogens with one attached hydrogen (secondary N) is 2. The van der Waals surface area contributed by atoms with Gasteiger partial charge in [0, 0.05) is 11.7 Å². The van der Waals surface area contributed by atoms with Crippen molar-refractivity contribution in [2.24, 2.45) is 0 Å². The molecule has 2 N–H and O–H groups in total. The van der Waals surface area contributed by atoms with Gasteiger partial charge in [0.25, 0.3) is 0 Å². The van der Waals surface area contributed by atoms with Gasteiger partial charge in [-0.1, -0.05) is 48.5 Å². The maximum atomic E-state index is 12.2. The highest BCUT2D eigenvalue weighted by Crippen LogP contribution is 2.16. The molecule has 3 aromatic rings. The minimum absolute atomic E-state index is 0.0855. The summed E-state index contributed by atoms with van der Waals surface area (Å²) in [6.45, 7) is 3.19. The lowest BCUT2D eigenvalue weighted by atomic mass is 10.1. The van der Waals surface area contributed by atoms with E-state index in [4.69, 9.17) is 9.47 Å². The van der Waals surface area contributed by atoms with E-state index >= 15 is 0 Å². The maximum absolute atomic E-state index is 12.2. The monoisotopic (exact) mass is 390 g/mol. The van der Waals surface area contributed by atoms with E-state index in [2.05, 4.69) is 10.6 Å². The number of benzene rings is 3. The summed E-state index contributed by atoms with van der Waals surface area (Å²) in [4.78, 5) is 12.2. The molecule has 0 aliphatic carbocycles. The van der Waals surface area contributed by atoms with Crippen LogP contribution in [0.3, 0.4) is 0 Å². The smallest absolute Gasteiger partial charge is 0.238 e. The van der Waals surface area contributed by atoms with Crippen LogP contribution >= 0.6 is 0 Å². The van der Waals surface area contributed by atoms with Gasteiger partial charge in [0.2, 0.25) is 5.91 Å². The molecule has 0 radical (unpaired) electrons. The molecule has 150 valence electrons. The van der Waals surface area contributed by atoms with Crippen LogP contribution in [-0.2, 0) is 4.79 Å². The minimum Gasteiger partial charge on any atom is -0.490 e. The minimum atomic E-state index is -0.0855. The molecule has 3 aromatic carbocycles. The van der Waals surface area contributed by atoms with Crippen LogP contribution < -0.4 is 20.1 Å². The van der Waals surface area contributed by atoms with E-state index in [9.17, 15) is 4.79 Å². The van der Waals surface area contributed by atoms with Crippen LogP contribution in [0.25, 0.3) is 0 Å². The zero-order valence-electron chi connectivity index (χ0n) is 16.5. The number of para-hydroxylation sites is 1. The summed E-state index contributed by atoms with van der Waals surface area (Å²) in [6, 6.07) is 27.1. The van der Waals surface area contributed by atoms with Crippen LogP contribution in [0.15, 0.2) is 84.9 Å². The highest BCUT2D eigenvalue weighted by atomic mass is 16.5. The lowest BCUT2D eigenvalue weighted by Gasteiger charge is -2.14. The highest BCUT2D eigenvalue weighted by Gasteiger charge is 2.07. The molecule has 0 aliphatic heterocycles. The van der Waals surface area contributed by atoms with Crippen molar-refractivity contribution in [3.63, 3.8) is 0 Å². The van der Waals surface area contributed by atoms with Gasteiger partial charge >= 0.3 is 0 Å². The van der Waals surface area contributed by atoms with Crippen molar-refractivity contribution in [2.75, 3.05) is 25.1 Å². The van der Waals surface area contributed by atoms with E-state index in [1.807, 2.05) is 91.9 Å². The molecule has 3 rings (SSSR count). The Morgan fingerprint density at radius 2 is 1.34 bits per heavy atom. The molecule has 5 nitrogen and oxygen atoms in total. The summed E-state index contributed by atoms with van der Waals surface area (Å²) in [5.74, 6) is 1.47. The van der Waals surface area contributed by atoms with E-state index in [-0.39, 0.29) is 18.5 Å². The van der Waals surface area contributed by atoms with Gasteiger partial charge in [-0.2, -0.15) is 0 Å². The number of amides is 1. The van der Waals surface area contributed by atoms with Gasteiger partial charge in [-0.05, 0) is 48.9 Å². The molecule has 1 unspecified atom stereocenters. The summed E-state index contributed by atoms with van der Waals surface area (Å²) < 4.78 is 11.3. The lowest BCUT2D eigenvalue weighted by Crippen LogP contribution is -2.30. The van der Waals surface area contributed by atoms with Crippen LogP contribution in [0.2, 0.25) is 0 Å². The van der Waals surface area contributed by atoms with Gasteiger partial charge in [-0.3, -0.25) is 4.79 Å². The largest absolute Gasteiger partial charge is 0.490 e. The Hall–Kier alpha value is -3.31. The number of ether oxygens (including phenoxy) is 2. The second-order valence-electron chi connectivity index (χ2n) is 6.60. The predicted molar refractivity (Wildman–Crippen MR) is 115 cm³/mol. The van der Waals surface area contributed by atoms with E-state index < -0.39 is 0 Å². The first kappa shape index (κ1) is 20.4. The first-order valence-electron chi connectivity index (χ1n) is 9.69. The SMILES string of the molecule is CC(NCC(=O)Nc1ccc(OCCOc2ccccc2)cc1)c1ccccc1. The molecule has 0 aromatic heterocycles. The zero-order valence-corrected chi connectivity index (χ0v) is 16.5. The summed E-state index contributed by atoms with van der Waals surface area (Å²) in [5, 5.41) is 6.11. The average molecular weight is 390 g/mol. The topological polar surface area (TPSA) is 59.6 Å². The summed E-state index contributed by atoms with van der Waals surface area (Å²) in [6.07, 6.45) is 0. The fourth-order valence-corrected chi connectivity index (χ4v) is 2.78. The molecule has 0 heterocycles. The molecular formula is C24H26N2O3. The van der Waals surface area contributed by atoms with Crippen molar-refractivity contribution in [3.05, 3.63) is 90.5 Å². The molecule has 0 fully saturated rings. The summed E-state index contributed by atoms with van der Waals surface area (Å²) in [5.41, 5.74) is 1.88. The van der Waals surface area contributed by atoms with E-state index in [1.54, 1.807) is 0 Å². The van der Waals surface area contributed by atoms with Crippen molar-refractivity contribution in [1.82, 2.24) is 5.32 Å². The van der Waals surface area contributed by atoms with Crippen molar-refractivity contribution in [3.8, 4) is 11.5 Å². The average Bonchev–Trinajstić information content (AvgIpc) is 2.77. The number of rotatable bonds is 10. The molecule has 29 heavy (non-hydrogen) atoms. The van der Waals surface area contributed by atoms with Crippen LogP contribution in [0.1, 0.15) is 18.5 Å². The van der Waals surface area contributed by atoms with Crippen molar-refractivity contribution >= 4 is 11.6 Å². The summed E-state index contributed by atoms with van der Waals surface area (Å²) >= 11 is 0. The number of hydrogen-bond acceptors (Lipinski definition) is 4. The zero-order chi connectivity index (χ0) is 20.3. The quantitative estimate of drug-likeness (QED) is 0.503. The number of carbonyl (C=O) groups is 1. The predicted octanol–water partition coefficient (Wildman–Crippen LogP) is 4.43. The van der Waals surface area contributed by atoms with Crippen LogP contribution in [0, 0.1) is 0 Å². The van der Waals surface area contributed by atoms with Crippen LogP contribution in [-0.4, -0.2) is 25.7 Å². The number of hydrogen-bond donors (Lipinski definition) is 2. The fraction of sp³-hybridized carbons (Fsp3) is 0.208. The molecule has 1 amide bonds. The lowest BCUT2D eigenvalue weighted by molar-refractivity contribution is -0.115. The third-order valence-corrected chi connectivity index (χ3v) is 4.37. The molecular weight excluding hydrogens is 364 g/mol. The second-order valence-corrected chi connectivity index (χ2v) is 6.60. The standard InChI is InChI=1S/C24H26N2O3/c1-19(20-8-4-2-5-9-20)25-18-24(27)26-21-12-14-23(15-13-21)29-17-16-28-22-10-6-3-7-11-22/h2-15,19,25H,16-18H2,1H3,(H,26,27). The van der Waals surface area contributed by atoms with E-state index in [0.29, 0.717) is 13.2 Å². The molecule has 0 spiro atoms. The first-order valence-corrected chi connectivity index (χ1v) is 9.69. The number of anilines is 1. The van der Waals surface area contributed by atoms with Gasteiger partial charge in [0.05, 0.1) is 6.54 Å². The molecule has 1 atom stereocenters. The summed E-state index contributed by atoms with van der Waals surface area (Å²) in [7, 11) is 0. The Morgan fingerprint density at radius 1 is 0.793 bits per heavy atom. The van der Waals surface area contributed by atoms with E-state index in [0.717, 1.165) is 22.7 Å². The fourth-order valence-electron chi connectivity index (χ4n) is 2.78. The Bertz CT molecular complexity index is 868.